The van der Waals surface area contributed by atoms with E-state index in [0.717, 1.165) is 31.7 Å². The zero-order valence-electron chi connectivity index (χ0n) is 14.6. The van der Waals surface area contributed by atoms with Crippen LogP contribution in [-0.2, 0) is 4.79 Å². The Balaban J connectivity index is 1.83. The first-order valence-electron chi connectivity index (χ1n) is 8.78. The molecule has 0 unspecified atom stereocenters. The fourth-order valence-corrected chi connectivity index (χ4v) is 3.19. The molecule has 0 heterocycles. The van der Waals surface area contributed by atoms with Crippen molar-refractivity contribution in [3.8, 4) is 0 Å². The minimum Gasteiger partial charge on any atom is -0.335 e. The first-order valence-corrected chi connectivity index (χ1v) is 8.78. The molecule has 0 aliphatic heterocycles. The van der Waals surface area contributed by atoms with Crippen LogP contribution in [0.15, 0.2) is 18.2 Å². The third kappa shape index (κ3) is 5.77. The number of rotatable bonds is 5. The fraction of sp³-hybridized carbons (Fsp3) is 0.556. The van der Waals surface area contributed by atoms with Gasteiger partial charge >= 0.3 is 6.03 Å². The Hall–Kier alpha value is -2.02. The van der Waals surface area contributed by atoms with E-state index < -0.39 is 29.6 Å². The average Bonchev–Trinajstić information content (AvgIpc) is 2.55. The standard InChI is InChI=1S/C18H25F2N3O2/c1-11(15-9-8-13(19)10-16(15)20)21-12(2)17(24)23-18(25)22-14-6-4-3-5-7-14/h8-12,14,21H,3-7H2,1-2H3,(H2,22,23,24,25)/p+1/t11-,12-/m1/s1. The molecular formula is C18H26F2N3O2+. The van der Waals surface area contributed by atoms with E-state index in [2.05, 4.69) is 10.6 Å². The number of amides is 3. The summed E-state index contributed by atoms with van der Waals surface area (Å²) in [6, 6.07) is 2.03. The van der Waals surface area contributed by atoms with Gasteiger partial charge in [-0.2, -0.15) is 0 Å². The zero-order chi connectivity index (χ0) is 18.4. The van der Waals surface area contributed by atoms with Crippen molar-refractivity contribution < 1.29 is 23.7 Å². The lowest BCUT2D eigenvalue weighted by Gasteiger charge is -2.23. The van der Waals surface area contributed by atoms with Crippen LogP contribution in [0.25, 0.3) is 0 Å². The van der Waals surface area contributed by atoms with E-state index in [1.807, 2.05) is 0 Å². The zero-order valence-corrected chi connectivity index (χ0v) is 14.6. The number of urea groups is 1. The Labute approximate surface area is 146 Å². The summed E-state index contributed by atoms with van der Waals surface area (Å²) in [6.45, 7) is 3.36. The molecule has 2 rings (SSSR count). The molecule has 1 fully saturated rings. The van der Waals surface area contributed by atoms with E-state index >= 15 is 0 Å². The number of nitrogens with one attached hydrogen (secondary N) is 2. The van der Waals surface area contributed by atoms with Gasteiger partial charge in [0.05, 0.1) is 0 Å². The summed E-state index contributed by atoms with van der Waals surface area (Å²) in [5.74, 6) is -1.73. The smallest absolute Gasteiger partial charge is 0.321 e. The van der Waals surface area contributed by atoms with E-state index in [0.29, 0.717) is 5.56 Å². The summed E-state index contributed by atoms with van der Waals surface area (Å²) in [7, 11) is 0. The number of hydrogen-bond donors (Lipinski definition) is 3. The normalized spacial score (nSPS) is 17.6. The van der Waals surface area contributed by atoms with Crippen molar-refractivity contribution in [1.82, 2.24) is 10.6 Å². The number of quaternary nitrogens is 1. The Kier molecular flexibility index (Phi) is 6.87. The first kappa shape index (κ1) is 19.3. The van der Waals surface area contributed by atoms with E-state index in [4.69, 9.17) is 0 Å². The van der Waals surface area contributed by atoms with Crippen LogP contribution in [0.2, 0.25) is 0 Å². The van der Waals surface area contributed by atoms with Crippen LogP contribution in [0.4, 0.5) is 13.6 Å². The molecule has 25 heavy (non-hydrogen) atoms. The van der Waals surface area contributed by atoms with Crippen molar-refractivity contribution in [2.45, 2.75) is 64.1 Å². The summed E-state index contributed by atoms with van der Waals surface area (Å²) in [5, 5.41) is 6.79. The lowest BCUT2D eigenvalue weighted by molar-refractivity contribution is -0.710. The SMILES string of the molecule is C[C@@H]([NH2+][C@H](C)c1ccc(F)cc1F)C(=O)NC(=O)NC1CCCCC1. The van der Waals surface area contributed by atoms with Gasteiger partial charge in [-0.1, -0.05) is 19.3 Å². The Morgan fingerprint density at radius 3 is 2.48 bits per heavy atom. The van der Waals surface area contributed by atoms with Gasteiger partial charge in [-0.05, 0) is 38.8 Å². The number of benzene rings is 1. The Bertz CT molecular complexity index is 618. The van der Waals surface area contributed by atoms with Gasteiger partial charge in [0, 0.05) is 17.7 Å². The molecule has 0 radical (unpaired) electrons. The highest BCUT2D eigenvalue weighted by atomic mass is 19.1. The summed E-state index contributed by atoms with van der Waals surface area (Å²) < 4.78 is 26.8. The lowest BCUT2D eigenvalue weighted by Crippen LogP contribution is -2.92. The third-order valence-corrected chi connectivity index (χ3v) is 4.62. The second-order valence-corrected chi connectivity index (χ2v) is 6.73. The quantitative estimate of drug-likeness (QED) is 0.758. The Morgan fingerprint density at radius 2 is 1.84 bits per heavy atom. The molecular weight excluding hydrogens is 328 g/mol. The maximum absolute atomic E-state index is 13.8. The number of nitrogens with two attached hydrogens (primary N) is 1. The van der Waals surface area contributed by atoms with Crippen LogP contribution in [0.3, 0.4) is 0 Å². The summed E-state index contributed by atoms with van der Waals surface area (Å²) >= 11 is 0. The van der Waals surface area contributed by atoms with Crippen LogP contribution < -0.4 is 16.0 Å². The van der Waals surface area contributed by atoms with Crippen molar-refractivity contribution in [3.63, 3.8) is 0 Å². The maximum atomic E-state index is 13.8. The molecule has 138 valence electrons. The van der Waals surface area contributed by atoms with E-state index in [9.17, 15) is 18.4 Å². The van der Waals surface area contributed by atoms with Crippen LogP contribution in [0, 0.1) is 11.6 Å². The number of imide groups is 1. The van der Waals surface area contributed by atoms with Crippen molar-refractivity contribution >= 4 is 11.9 Å². The van der Waals surface area contributed by atoms with E-state index in [1.54, 1.807) is 19.2 Å². The lowest BCUT2D eigenvalue weighted by atomic mass is 9.96. The Morgan fingerprint density at radius 1 is 1.16 bits per heavy atom. The van der Waals surface area contributed by atoms with Gasteiger partial charge in [0.1, 0.15) is 17.7 Å². The third-order valence-electron chi connectivity index (χ3n) is 4.62. The summed E-state index contributed by atoms with van der Waals surface area (Å²) in [4.78, 5) is 24.1. The van der Waals surface area contributed by atoms with Gasteiger partial charge in [-0.15, -0.1) is 0 Å². The molecule has 7 heteroatoms. The molecule has 1 aliphatic carbocycles. The molecule has 0 bridgehead atoms. The van der Waals surface area contributed by atoms with Crippen molar-refractivity contribution in [1.29, 1.82) is 0 Å². The predicted molar refractivity (Wildman–Crippen MR) is 89.7 cm³/mol. The monoisotopic (exact) mass is 354 g/mol. The maximum Gasteiger partial charge on any atom is 0.321 e. The largest absolute Gasteiger partial charge is 0.335 e. The number of carbonyl (C=O) groups is 2. The van der Waals surface area contributed by atoms with Gasteiger partial charge in [0.2, 0.25) is 0 Å². The second kappa shape index (κ2) is 8.89. The number of carbonyl (C=O) groups excluding carboxylic acids is 2. The van der Waals surface area contributed by atoms with Crippen LogP contribution in [-0.4, -0.2) is 24.0 Å². The highest BCUT2D eigenvalue weighted by Crippen LogP contribution is 2.17. The average molecular weight is 354 g/mol. The van der Waals surface area contributed by atoms with Gasteiger partial charge in [0.15, 0.2) is 6.04 Å². The predicted octanol–water partition coefficient (Wildman–Crippen LogP) is 2.14. The molecule has 0 aromatic heterocycles. The van der Waals surface area contributed by atoms with Crippen LogP contribution in [0.1, 0.15) is 57.6 Å². The van der Waals surface area contributed by atoms with Gasteiger partial charge < -0.3 is 10.6 Å². The highest BCUT2D eigenvalue weighted by molar-refractivity contribution is 5.96. The van der Waals surface area contributed by atoms with Crippen LogP contribution in [0.5, 0.6) is 0 Å². The molecule has 1 aromatic rings. The van der Waals surface area contributed by atoms with Crippen LogP contribution >= 0.6 is 0 Å². The fourth-order valence-electron chi connectivity index (χ4n) is 3.19. The molecule has 0 saturated heterocycles. The van der Waals surface area contributed by atoms with Crippen molar-refractivity contribution in [2.75, 3.05) is 0 Å². The van der Waals surface area contributed by atoms with Gasteiger partial charge in [-0.25, -0.2) is 13.6 Å². The van der Waals surface area contributed by atoms with E-state index in [-0.39, 0.29) is 12.1 Å². The molecule has 3 amide bonds. The number of halogens is 2. The summed E-state index contributed by atoms with van der Waals surface area (Å²) in [5.41, 5.74) is 0.313. The second-order valence-electron chi connectivity index (χ2n) is 6.73. The van der Waals surface area contributed by atoms with Crippen molar-refractivity contribution in [2.24, 2.45) is 0 Å². The topological polar surface area (TPSA) is 74.8 Å². The van der Waals surface area contributed by atoms with E-state index in [1.165, 1.54) is 18.6 Å². The van der Waals surface area contributed by atoms with Gasteiger partial charge in [-0.3, -0.25) is 10.1 Å². The molecule has 5 nitrogen and oxygen atoms in total. The minimum atomic E-state index is -0.647. The highest BCUT2D eigenvalue weighted by Gasteiger charge is 2.24. The first-order chi connectivity index (χ1) is 11.9. The molecule has 1 aliphatic rings. The molecule has 4 N–H and O–H groups in total. The molecule has 0 spiro atoms. The molecule has 1 saturated carbocycles. The minimum absolute atomic E-state index is 0.119. The van der Waals surface area contributed by atoms with Crippen molar-refractivity contribution in [3.05, 3.63) is 35.4 Å². The van der Waals surface area contributed by atoms with Gasteiger partial charge in [0.25, 0.3) is 5.91 Å². The number of hydrogen-bond acceptors (Lipinski definition) is 2. The summed E-state index contributed by atoms with van der Waals surface area (Å²) in [6.07, 6.45) is 5.23. The molecule has 2 atom stereocenters. The molecule has 1 aromatic carbocycles.